The lowest BCUT2D eigenvalue weighted by Crippen LogP contribution is -2.25. The predicted octanol–water partition coefficient (Wildman–Crippen LogP) is 2.82. The van der Waals surface area contributed by atoms with E-state index in [1.807, 2.05) is 18.2 Å². The number of fused-ring (bicyclic) bond motifs is 1. The van der Waals surface area contributed by atoms with Crippen molar-refractivity contribution in [1.29, 1.82) is 0 Å². The molecule has 0 saturated heterocycles. The SMILES string of the molecule is O=P(O)(O)C(O)(c1ccc(Oc2cccc3c2CCCC3)cc1)P(=O)(O)O. The van der Waals surface area contributed by atoms with E-state index in [2.05, 4.69) is 0 Å². The van der Waals surface area contributed by atoms with E-state index >= 15 is 0 Å². The van der Waals surface area contributed by atoms with Gasteiger partial charge in [-0.1, -0.05) is 24.3 Å². The molecule has 10 heteroatoms. The summed E-state index contributed by atoms with van der Waals surface area (Å²) in [5.74, 6) is 0.983. The summed E-state index contributed by atoms with van der Waals surface area (Å²) in [5.41, 5.74) is 1.73. The van der Waals surface area contributed by atoms with Gasteiger partial charge < -0.3 is 29.4 Å². The van der Waals surface area contributed by atoms with E-state index in [4.69, 9.17) is 4.74 Å². The molecule has 5 N–H and O–H groups in total. The Morgan fingerprint density at radius 2 is 1.44 bits per heavy atom. The molecule has 0 aliphatic heterocycles. The fraction of sp³-hybridized carbons (Fsp3) is 0.294. The highest BCUT2D eigenvalue weighted by Crippen LogP contribution is 2.72. The van der Waals surface area contributed by atoms with Crippen LogP contribution in [-0.2, 0) is 27.1 Å². The second-order valence-corrected chi connectivity index (χ2v) is 10.3. The van der Waals surface area contributed by atoms with Gasteiger partial charge in [-0.3, -0.25) is 9.13 Å². The maximum absolute atomic E-state index is 11.6. The summed E-state index contributed by atoms with van der Waals surface area (Å²) >= 11 is 0. The van der Waals surface area contributed by atoms with Crippen molar-refractivity contribution in [2.75, 3.05) is 0 Å². The van der Waals surface area contributed by atoms with Crippen LogP contribution in [0.2, 0.25) is 0 Å². The summed E-state index contributed by atoms with van der Waals surface area (Å²) < 4.78 is 29.0. The Bertz CT molecular complexity index is 906. The second-order valence-electron chi connectivity index (χ2n) is 6.45. The fourth-order valence-electron chi connectivity index (χ4n) is 3.22. The van der Waals surface area contributed by atoms with E-state index in [0.29, 0.717) is 11.5 Å². The first-order chi connectivity index (χ1) is 12.5. The molecular weight excluding hydrogens is 394 g/mol. The van der Waals surface area contributed by atoms with Crippen molar-refractivity contribution in [1.82, 2.24) is 0 Å². The molecule has 8 nitrogen and oxygen atoms in total. The minimum absolute atomic E-state index is 0.316. The predicted molar refractivity (Wildman–Crippen MR) is 97.6 cm³/mol. The summed E-state index contributed by atoms with van der Waals surface area (Å²) in [6.07, 6.45) is 4.04. The Morgan fingerprint density at radius 3 is 2.04 bits per heavy atom. The first-order valence-electron chi connectivity index (χ1n) is 8.27. The van der Waals surface area contributed by atoms with Gasteiger partial charge in [0.15, 0.2) is 0 Å². The quantitative estimate of drug-likeness (QED) is 0.470. The van der Waals surface area contributed by atoms with Gasteiger partial charge in [0.1, 0.15) is 11.5 Å². The van der Waals surface area contributed by atoms with Crippen molar-refractivity contribution in [2.24, 2.45) is 0 Å². The molecule has 0 unspecified atom stereocenters. The molecule has 0 spiro atoms. The molecule has 3 rings (SSSR count). The third kappa shape index (κ3) is 3.75. The van der Waals surface area contributed by atoms with Gasteiger partial charge >= 0.3 is 15.2 Å². The molecule has 1 aliphatic rings. The van der Waals surface area contributed by atoms with E-state index in [1.165, 1.54) is 17.7 Å². The summed E-state index contributed by atoms with van der Waals surface area (Å²) in [4.78, 5) is 37.2. The third-order valence-electron chi connectivity index (χ3n) is 4.63. The zero-order valence-corrected chi connectivity index (χ0v) is 16.0. The van der Waals surface area contributed by atoms with Crippen molar-refractivity contribution >= 4 is 15.2 Å². The van der Waals surface area contributed by atoms with E-state index in [1.54, 1.807) is 0 Å². The summed E-state index contributed by atoms with van der Waals surface area (Å²) in [5, 5.41) is 6.52. The van der Waals surface area contributed by atoms with E-state index in [9.17, 15) is 33.8 Å². The van der Waals surface area contributed by atoms with Gasteiger partial charge in [0, 0.05) is 5.56 Å². The van der Waals surface area contributed by atoms with Crippen molar-refractivity contribution in [2.45, 2.75) is 30.8 Å². The monoisotopic (exact) mass is 414 g/mol. The third-order valence-corrected chi connectivity index (χ3v) is 8.34. The van der Waals surface area contributed by atoms with Gasteiger partial charge in [-0.25, -0.2) is 0 Å². The lowest BCUT2D eigenvalue weighted by atomic mass is 9.91. The van der Waals surface area contributed by atoms with Crippen LogP contribution in [0.4, 0.5) is 0 Å². The Hall–Kier alpha value is -1.50. The highest BCUT2D eigenvalue weighted by molar-refractivity contribution is 7.71. The Morgan fingerprint density at radius 1 is 0.852 bits per heavy atom. The molecule has 2 aromatic carbocycles. The first-order valence-corrected chi connectivity index (χ1v) is 11.5. The molecule has 1 aliphatic carbocycles. The lowest BCUT2D eigenvalue weighted by Gasteiger charge is -2.29. The highest BCUT2D eigenvalue weighted by atomic mass is 31.2. The van der Waals surface area contributed by atoms with E-state index in [-0.39, 0.29) is 0 Å². The van der Waals surface area contributed by atoms with Crippen LogP contribution < -0.4 is 4.74 Å². The molecule has 0 saturated carbocycles. The Kier molecular flexibility index (Phi) is 5.36. The van der Waals surface area contributed by atoms with Gasteiger partial charge in [0.25, 0.3) is 5.08 Å². The van der Waals surface area contributed by atoms with Gasteiger partial charge in [-0.15, -0.1) is 0 Å². The molecule has 0 atom stereocenters. The average molecular weight is 414 g/mol. The van der Waals surface area contributed by atoms with Crippen molar-refractivity contribution in [3.05, 3.63) is 59.2 Å². The normalized spacial score (nSPS) is 15.3. The molecule has 0 aromatic heterocycles. The number of benzene rings is 2. The molecule has 146 valence electrons. The Labute approximate surface area is 155 Å². The Balaban J connectivity index is 1.93. The number of hydrogen-bond donors (Lipinski definition) is 5. The standard InChI is InChI=1S/C17H20O8P2/c18-17(26(19,20)21,27(22,23)24)13-8-10-14(11-9-13)25-16-7-3-5-12-4-1-2-6-15(12)16/h3,5,7-11,18H,1-2,4,6H2,(H2,19,20,21)(H2,22,23,24). The molecule has 0 amide bonds. The maximum atomic E-state index is 11.6. The highest BCUT2D eigenvalue weighted by Gasteiger charge is 2.60. The zero-order valence-electron chi connectivity index (χ0n) is 14.2. The van der Waals surface area contributed by atoms with Crippen LogP contribution in [0.5, 0.6) is 11.5 Å². The number of ether oxygens (including phenoxy) is 1. The van der Waals surface area contributed by atoms with Crippen LogP contribution in [-0.4, -0.2) is 24.7 Å². The van der Waals surface area contributed by atoms with Gasteiger partial charge in [-0.2, -0.15) is 0 Å². The minimum Gasteiger partial charge on any atom is -0.457 e. The summed E-state index contributed by atoms with van der Waals surface area (Å²) in [6, 6.07) is 10.4. The zero-order chi connectivity index (χ0) is 19.9. The number of aliphatic hydroxyl groups is 1. The van der Waals surface area contributed by atoms with E-state index in [0.717, 1.165) is 43.4 Å². The van der Waals surface area contributed by atoms with Gasteiger partial charge in [0.2, 0.25) is 0 Å². The molecule has 2 aromatic rings. The van der Waals surface area contributed by atoms with Crippen molar-refractivity contribution in [3.8, 4) is 11.5 Å². The first kappa shape index (κ1) is 20.2. The molecule has 0 bridgehead atoms. The topological polar surface area (TPSA) is 145 Å². The van der Waals surface area contributed by atoms with Crippen molar-refractivity contribution < 1.29 is 38.5 Å². The fourth-order valence-corrected chi connectivity index (χ4v) is 5.55. The average Bonchev–Trinajstić information content (AvgIpc) is 2.60. The number of aryl methyl sites for hydroxylation is 1. The van der Waals surface area contributed by atoms with Crippen LogP contribution in [0.1, 0.15) is 29.5 Å². The van der Waals surface area contributed by atoms with Gasteiger partial charge in [0.05, 0.1) is 0 Å². The van der Waals surface area contributed by atoms with E-state index < -0.39 is 25.8 Å². The largest absolute Gasteiger partial charge is 0.457 e. The molecule has 0 radical (unpaired) electrons. The maximum Gasteiger partial charge on any atom is 0.374 e. The van der Waals surface area contributed by atoms with Crippen LogP contribution in [0.25, 0.3) is 0 Å². The molecular formula is C17H20O8P2. The van der Waals surface area contributed by atoms with Gasteiger partial charge in [-0.05, 0) is 55.0 Å². The van der Waals surface area contributed by atoms with Crippen LogP contribution >= 0.6 is 15.2 Å². The number of hydrogen-bond acceptors (Lipinski definition) is 4. The second kappa shape index (κ2) is 7.15. The minimum atomic E-state index is -5.58. The smallest absolute Gasteiger partial charge is 0.374 e. The molecule has 0 heterocycles. The molecule has 27 heavy (non-hydrogen) atoms. The molecule has 0 fully saturated rings. The summed E-state index contributed by atoms with van der Waals surface area (Å²) in [6.45, 7) is 0. The van der Waals surface area contributed by atoms with Crippen LogP contribution in [0, 0.1) is 0 Å². The lowest BCUT2D eigenvalue weighted by molar-refractivity contribution is 0.131. The summed E-state index contributed by atoms with van der Waals surface area (Å²) in [7, 11) is -11.2. The number of rotatable bonds is 5. The van der Waals surface area contributed by atoms with Crippen LogP contribution in [0.15, 0.2) is 42.5 Å². The van der Waals surface area contributed by atoms with Crippen molar-refractivity contribution in [3.63, 3.8) is 0 Å². The van der Waals surface area contributed by atoms with Crippen LogP contribution in [0.3, 0.4) is 0 Å².